The van der Waals surface area contributed by atoms with Crippen molar-refractivity contribution in [2.24, 2.45) is 5.92 Å². The van der Waals surface area contributed by atoms with Gasteiger partial charge in [0.2, 0.25) is 0 Å². The molecule has 1 rings (SSSR count). The molecule has 0 saturated heterocycles. The van der Waals surface area contributed by atoms with Gasteiger partial charge in [0.1, 0.15) is 0 Å². The molecule has 0 aliphatic carbocycles. The number of aliphatic hydroxyl groups is 1. The van der Waals surface area contributed by atoms with Crippen LogP contribution in [0.15, 0.2) is 30.3 Å². The molecule has 2 unspecified atom stereocenters. The summed E-state index contributed by atoms with van der Waals surface area (Å²) >= 11 is 0. The van der Waals surface area contributed by atoms with Crippen LogP contribution >= 0.6 is 0 Å². The van der Waals surface area contributed by atoms with Gasteiger partial charge in [-0.1, -0.05) is 37.3 Å². The fraction of sp³-hybridized carbons (Fsp3) is 0.625. The van der Waals surface area contributed by atoms with Gasteiger partial charge in [-0.15, -0.1) is 0 Å². The van der Waals surface area contributed by atoms with E-state index in [9.17, 15) is 0 Å². The van der Waals surface area contributed by atoms with E-state index < -0.39 is 0 Å². The first-order valence-electron chi connectivity index (χ1n) is 7.10. The summed E-state index contributed by atoms with van der Waals surface area (Å²) in [6.07, 6.45) is 4.58. The summed E-state index contributed by atoms with van der Waals surface area (Å²) in [6, 6.07) is 11.2. The van der Waals surface area contributed by atoms with E-state index >= 15 is 0 Å². The van der Waals surface area contributed by atoms with Gasteiger partial charge in [0, 0.05) is 12.6 Å². The molecule has 2 nitrogen and oxygen atoms in total. The summed E-state index contributed by atoms with van der Waals surface area (Å²) in [7, 11) is 0. The zero-order valence-electron chi connectivity index (χ0n) is 11.7. The summed E-state index contributed by atoms with van der Waals surface area (Å²) in [5, 5.41) is 12.5. The van der Waals surface area contributed by atoms with E-state index in [1.807, 2.05) is 0 Å². The molecule has 0 amide bonds. The third-order valence-corrected chi connectivity index (χ3v) is 3.39. The summed E-state index contributed by atoms with van der Waals surface area (Å²) in [6.45, 7) is 5.71. The van der Waals surface area contributed by atoms with Crippen LogP contribution in [-0.4, -0.2) is 24.3 Å². The number of benzene rings is 1. The standard InChI is InChI=1S/C16H27NO/c1-14(13-18)7-6-12-17-15(2)10-11-16-8-4-3-5-9-16/h3-5,8-9,14-15,17-18H,6-7,10-13H2,1-2H3. The van der Waals surface area contributed by atoms with Crippen LogP contribution in [0.4, 0.5) is 0 Å². The van der Waals surface area contributed by atoms with Crippen LogP contribution < -0.4 is 5.32 Å². The maximum Gasteiger partial charge on any atom is 0.0456 e. The van der Waals surface area contributed by atoms with E-state index in [0.29, 0.717) is 18.6 Å². The molecular weight excluding hydrogens is 222 g/mol. The minimum Gasteiger partial charge on any atom is -0.396 e. The van der Waals surface area contributed by atoms with Gasteiger partial charge in [-0.2, -0.15) is 0 Å². The molecule has 1 aromatic carbocycles. The highest BCUT2D eigenvalue weighted by atomic mass is 16.3. The number of aryl methyl sites for hydroxylation is 1. The first kappa shape index (κ1) is 15.2. The number of rotatable bonds is 9. The van der Waals surface area contributed by atoms with E-state index in [2.05, 4.69) is 49.5 Å². The monoisotopic (exact) mass is 249 g/mol. The second-order valence-corrected chi connectivity index (χ2v) is 5.31. The van der Waals surface area contributed by atoms with Crippen LogP contribution in [0.5, 0.6) is 0 Å². The Balaban J connectivity index is 2.05. The molecule has 102 valence electrons. The number of hydrogen-bond acceptors (Lipinski definition) is 2. The molecule has 0 spiro atoms. The van der Waals surface area contributed by atoms with Crippen molar-refractivity contribution in [3.8, 4) is 0 Å². The molecule has 2 heteroatoms. The number of aliphatic hydroxyl groups excluding tert-OH is 1. The predicted molar refractivity (Wildman–Crippen MR) is 77.7 cm³/mol. The van der Waals surface area contributed by atoms with E-state index in [1.165, 1.54) is 12.0 Å². The molecule has 0 heterocycles. The van der Waals surface area contributed by atoms with E-state index in [1.54, 1.807) is 0 Å². The normalized spacial score (nSPS) is 14.4. The van der Waals surface area contributed by atoms with Crippen molar-refractivity contribution >= 4 is 0 Å². The first-order valence-corrected chi connectivity index (χ1v) is 7.10. The fourth-order valence-corrected chi connectivity index (χ4v) is 2.02. The van der Waals surface area contributed by atoms with Crippen LogP contribution in [-0.2, 0) is 6.42 Å². The predicted octanol–water partition coefficient (Wildman–Crippen LogP) is 3.01. The van der Waals surface area contributed by atoms with Gasteiger partial charge in [-0.3, -0.25) is 0 Å². The summed E-state index contributed by atoms with van der Waals surface area (Å²) in [5.74, 6) is 0.437. The van der Waals surface area contributed by atoms with Crippen LogP contribution in [0.1, 0.15) is 38.7 Å². The zero-order chi connectivity index (χ0) is 13.2. The third-order valence-electron chi connectivity index (χ3n) is 3.39. The Morgan fingerprint density at radius 2 is 1.83 bits per heavy atom. The SMILES string of the molecule is CC(CO)CCCNC(C)CCc1ccccc1. The van der Waals surface area contributed by atoms with Crippen molar-refractivity contribution in [3.05, 3.63) is 35.9 Å². The average Bonchev–Trinajstić information content (AvgIpc) is 2.42. The van der Waals surface area contributed by atoms with Crippen molar-refractivity contribution in [1.82, 2.24) is 5.32 Å². The number of nitrogens with one attached hydrogen (secondary N) is 1. The lowest BCUT2D eigenvalue weighted by Crippen LogP contribution is -2.27. The van der Waals surface area contributed by atoms with Crippen molar-refractivity contribution < 1.29 is 5.11 Å². The molecule has 0 radical (unpaired) electrons. The van der Waals surface area contributed by atoms with Gasteiger partial charge in [0.05, 0.1) is 0 Å². The smallest absolute Gasteiger partial charge is 0.0456 e. The number of hydrogen-bond donors (Lipinski definition) is 2. The van der Waals surface area contributed by atoms with Crippen LogP contribution in [0, 0.1) is 5.92 Å². The molecule has 0 aliphatic rings. The Bertz CT molecular complexity index is 299. The minimum atomic E-state index is 0.309. The molecule has 0 aliphatic heterocycles. The largest absolute Gasteiger partial charge is 0.396 e. The Morgan fingerprint density at radius 3 is 2.50 bits per heavy atom. The fourth-order valence-electron chi connectivity index (χ4n) is 2.02. The second-order valence-electron chi connectivity index (χ2n) is 5.31. The summed E-state index contributed by atoms with van der Waals surface area (Å²) < 4.78 is 0. The molecule has 18 heavy (non-hydrogen) atoms. The molecule has 0 fully saturated rings. The van der Waals surface area contributed by atoms with E-state index in [4.69, 9.17) is 5.11 Å². The molecule has 0 aromatic heterocycles. The Kier molecular flexibility index (Phi) is 7.70. The molecule has 1 aromatic rings. The van der Waals surface area contributed by atoms with Crippen molar-refractivity contribution in [2.45, 2.75) is 45.6 Å². The van der Waals surface area contributed by atoms with Crippen molar-refractivity contribution in [2.75, 3.05) is 13.2 Å². The molecule has 0 bridgehead atoms. The van der Waals surface area contributed by atoms with Crippen molar-refractivity contribution in [1.29, 1.82) is 0 Å². The van der Waals surface area contributed by atoms with Crippen LogP contribution in [0.2, 0.25) is 0 Å². The highest BCUT2D eigenvalue weighted by molar-refractivity contribution is 5.14. The molecule has 0 saturated carbocycles. The van der Waals surface area contributed by atoms with Gasteiger partial charge in [0.25, 0.3) is 0 Å². The molecule has 2 atom stereocenters. The molecular formula is C16H27NO. The maximum atomic E-state index is 8.93. The summed E-state index contributed by atoms with van der Waals surface area (Å²) in [4.78, 5) is 0. The van der Waals surface area contributed by atoms with Gasteiger partial charge in [0.15, 0.2) is 0 Å². The highest BCUT2D eigenvalue weighted by Crippen LogP contribution is 2.06. The van der Waals surface area contributed by atoms with Gasteiger partial charge >= 0.3 is 0 Å². The molecule has 2 N–H and O–H groups in total. The van der Waals surface area contributed by atoms with Crippen LogP contribution in [0.25, 0.3) is 0 Å². The maximum absolute atomic E-state index is 8.93. The quantitative estimate of drug-likeness (QED) is 0.659. The Morgan fingerprint density at radius 1 is 1.11 bits per heavy atom. The van der Waals surface area contributed by atoms with Gasteiger partial charge in [-0.25, -0.2) is 0 Å². The topological polar surface area (TPSA) is 32.3 Å². The third kappa shape index (κ3) is 6.77. The van der Waals surface area contributed by atoms with Gasteiger partial charge in [-0.05, 0) is 50.6 Å². The Labute approximate surface area is 111 Å². The van der Waals surface area contributed by atoms with Gasteiger partial charge < -0.3 is 10.4 Å². The summed E-state index contributed by atoms with van der Waals surface area (Å²) in [5.41, 5.74) is 1.42. The van der Waals surface area contributed by atoms with E-state index in [-0.39, 0.29) is 0 Å². The average molecular weight is 249 g/mol. The minimum absolute atomic E-state index is 0.309. The lowest BCUT2D eigenvalue weighted by Gasteiger charge is -2.14. The second kappa shape index (κ2) is 9.12. The lowest BCUT2D eigenvalue weighted by molar-refractivity contribution is 0.227. The van der Waals surface area contributed by atoms with E-state index in [0.717, 1.165) is 25.8 Å². The van der Waals surface area contributed by atoms with Crippen LogP contribution in [0.3, 0.4) is 0 Å². The highest BCUT2D eigenvalue weighted by Gasteiger charge is 2.03. The zero-order valence-corrected chi connectivity index (χ0v) is 11.7. The first-order chi connectivity index (χ1) is 8.72. The lowest BCUT2D eigenvalue weighted by atomic mass is 10.1. The van der Waals surface area contributed by atoms with Crippen molar-refractivity contribution in [3.63, 3.8) is 0 Å². The Hall–Kier alpha value is -0.860.